The number of Topliss-reactive ketones (excluding diaryl/α,β-unsaturated/α-hetero) is 1. The molecule has 0 spiro atoms. The number of phenolic OH excluding ortho intramolecular Hbond substituents is 1. The fraction of sp³-hybridized carbons (Fsp3) is 0.304. The molecule has 9 heteroatoms. The molecule has 32 heavy (non-hydrogen) atoms. The van der Waals surface area contributed by atoms with Crippen LogP contribution >= 0.6 is 0 Å². The van der Waals surface area contributed by atoms with Gasteiger partial charge in [-0.25, -0.2) is 4.39 Å². The highest BCUT2D eigenvalue weighted by atomic mass is 19.1. The van der Waals surface area contributed by atoms with E-state index in [9.17, 15) is 29.2 Å². The van der Waals surface area contributed by atoms with Crippen molar-refractivity contribution in [3.05, 3.63) is 74.7 Å². The normalized spacial score (nSPS) is 20.6. The first kappa shape index (κ1) is 21.5. The summed E-state index contributed by atoms with van der Waals surface area (Å²) >= 11 is 0. The van der Waals surface area contributed by atoms with Crippen molar-refractivity contribution in [2.24, 2.45) is 0 Å². The Morgan fingerprint density at radius 3 is 2.53 bits per heavy atom. The second-order valence-electron chi connectivity index (χ2n) is 7.85. The lowest BCUT2D eigenvalue weighted by atomic mass is 9.73. The number of ketones is 1. The van der Waals surface area contributed by atoms with E-state index in [0.717, 1.165) is 5.56 Å². The van der Waals surface area contributed by atoms with Crippen LogP contribution in [0.5, 0.6) is 11.5 Å². The number of amides is 1. The topological polar surface area (TPSA) is 119 Å². The number of halogens is 1. The van der Waals surface area contributed by atoms with Crippen molar-refractivity contribution >= 4 is 17.4 Å². The van der Waals surface area contributed by atoms with Crippen LogP contribution in [0.2, 0.25) is 0 Å². The van der Waals surface area contributed by atoms with Crippen LogP contribution in [0.25, 0.3) is 0 Å². The van der Waals surface area contributed by atoms with Gasteiger partial charge in [-0.3, -0.25) is 19.7 Å². The Bertz CT molecular complexity index is 1140. The van der Waals surface area contributed by atoms with Crippen LogP contribution in [0.4, 0.5) is 10.1 Å². The number of nitrogens with one attached hydrogen (secondary N) is 1. The molecule has 2 aromatic carbocycles. The van der Waals surface area contributed by atoms with Gasteiger partial charge in [-0.15, -0.1) is 0 Å². The Kier molecular flexibility index (Phi) is 5.65. The van der Waals surface area contributed by atoms with Crippen molar-refractivity contribution in [3.63, 3.8) is 0 Å². The third-order valence-corrected chi connectivity index (χ3v) is 5.85. The fourth-order valence-electron chi connectivity index (χ4n) is 4.44. The number of aromatic hydroxyl groups is 1. The van der Waals surface area contributed by atoms with Crippen molar-refractivity contribution in [2.75, 3.05) is 6.61 Å². The Balaban J connectivity index is 1.77. The van der Waals surface area contributed by atoms with Crippen LogP contribution in [-0.4, -0.2) is 28.3 Å². The van der Waals surface area contributed by atoms with Gasteiger partial charge >= 0.3 is 5.69 Å². The number of nitrogens with zero attached hydrogens (tertiary/aromatic N) is 1. The number of benzene rings is 2. The number of nitro groups is 1. The van der Waals surface area contributed by atoms with Crippen LogP contribution in [0, 0.1) is 15.9 Å². The summed E-state index contributed by atoms with van der Waals surface area (Å²) in [5.41, 5.74) is 1.48. The highest BCUT2D eigenvalue weighted by molar-refractivity contribution is 6.02. The summed E-state index contributed by atoms with van der Waals surface area (Å²) in [5.74, 6) is -2.44. The highest BCUT2D eigenvalue weighted by Gasteiger charge is 2.39. The van der Waals surface area contributed by atoms with Gasteiger partial charge in [0.05, 0.1) is 11.5 Å². The van der Waals surface area contributed by atoms with E-state index < -0.39 is 22.3 Å². The van der Waals surface area contributed by atoms with Crippen molar-refractivity contribution in [1.29, 1.82) is 0 Å². The number of hydrogen-bond donors (Lipinski definition) is 2. The van der Waals surface area contributed by atoms with Gasteiger partial charge in [0.1, 0.15) is 5.82 Å². The van der Waals surface area contributed by atoms with Crippen LogP contribution in [-0.2, 0) is 9.59 Å². The van der Waals surface area contributed by atoms with Gasteiger partial charge in [0.2, 0.25) is 11.7 Å². The summed E-state index contributed by atoms with van der Waals surface area (Å²) in [4.78, 5) is 36.4. The smallest absolute Gasteiger partial charge is 0.314 e. The summed E-state index contributed by atoms with van der Waals surface area (Å²) in [5, 5.41) is 24.4. The lowest BCUT2D eigenvalue weighted by Crippen LogP contribution is -2.38. The predicted molar refractivity (Wildman–Crippen MR) is 112 cm³/mol. The van der Waals surface area contributed by atoms with Gasteiger partial charge in [0.15, 0.2) is 11.5 Å². The third-order valence-electron chi connectivity index (χ3n) is 5.85. The summed E-state index contributed by atoms with van der Waals surface area (Å²) in [6.45, 7) is 1.85. The molecule has 0 bridgehead atoms. The highest BCUT2D eigenvalue weighted by Crippen LogP contribution is 2.46. The molecule has 0 fully saturated rings. The van der Waals surface area contributed by atoms with Gasteiger partial charge < -0.3 is 15.2 Å². The summed E-state index contributed by atoms with van der Waals surface area (Å²) in [6, 6.07) is 8.54. The maximum atomic E-state index is 13.3. The molecule has 0 saturated carbocycles. The Morgan fingerprint density at radius 2 is 1.88 bits per heavy atom. The molecule has 8 nitrogen and oxygen atoms in total. The standard InChI is InChI=1S/C23H21FN2O6/c1-2-32-20-10-14(8-18(23(20)29)26(30)31)16-11-21(28)25-17-7-13(9-19(27)22(16)17)12-3-5-15(24)6-4-12/h3-6,8,10,13,16,29H,2,7,9,11H2,1H3,(H,25,28)/t13-,16-/m0/s1. The minimum Gasteiger partial charge on any atom is -0.500 e. The Hall–Kier alpha value is -3.75. The second kappa shape index (κ2) is 8.41. The molecular weight excluding hydrogens is 419 g/mol. The summed E-state index contributed by atoms with van der Waals surface area (Å²) in [7, 11) is 0. The Morgan fingerprint density at radius 1 is 1.16 bits per heavy atom. The molecule has 2 aromatic rings. The number of carbonyl (C=O) groups excluding carboxylic acids is 2. The number of rotatable bonds is 5. The molecule has 2 atom stereocenters. The summed E-state index contributed by atoms with van der Waals surface area (Å²) in [6.07, 6.45) is 0.502. The van der Waals surface area contributed by atoms with E-state index in [-0.39, 0.29) is 48.6 Å². The Labute approximate surface area is 182 Å². The van der Waals surface area contributed by atoms with Crippen LogP contribution in [0.15, 0.2) is 47.7 Å². The molecule has 2 aliphatic rings. The van der Waals surface area contributed by atoms with Gasteiger partial charge in [0, 0.05) is 36.1 Å². The monoisotopic (exact) mass is 440 g/mol. The molecule has 1 aliphatic carbocycles. The molecule has 1 aliphatic heterocycles. The molecule has 4 rings (SSSR count). The quantitative estimate of drug-likeness (QED) is 0.539. The zero-order valence-electron chi connectivity index (χ0n) is 17.3. The average Bonchev–Trinajstić information content (AvgIpc) is 2.74. The molecule has 166 valence electrons. The van der Waals surface area contributed by atoms with Crippen LogP contribution < -0.4 is 10.1 Å². The average molecular weight is 440 g/mol. The predicted octanol–water partition coefficient (Wildman–Crippen LogP) is 3.84. The first-order valence-electron chi connectivity index (χ1n) is 10.2. The van der Waals surface area contributed by atoms with E-state index >= 15 is 0 Å². The maximum absolute atomic E-state index is 13.3. The number of carbonyl (C=O) groups is 2. The van der Waals surface area contributed by atoms with Crippen molar-refractivity contribution in [2.45, 2.75) is 38.0 Å². The first-order valence-corrected chi connectivity index (χ1v) is 10.2. The first-order chi connectivity index (χ1) is 15.3. The molecule has 0 unspecified atom stereocenters. The molecule has 2 N–H and O–H groups in total. The van der Waals surface area contributed by atoms with E-state index in [1.165, 1.54) is 24.3 Å². The zero-order valence-corrected chi connectivity index (χ0v) is 17.3. The van der Waals surface area contributed by atoms with Gasteiger partial charge in [0.25, 0.3) is 0 Å². The number of nitro benzene ring substituents is 1. The van der Waals surface area contributed by atoms with E-state index in [1.54, 1.807) is 19.1 Å². The van der Waals surface area contributed by atoms with Crippen LogP contribution in [0.3, 0.4) is 0 Å². The van der Waals surface area contributed by atoms with Crippen LogP contribution in [0.1, 0.15) is 49.1 Å². The third kappa shape index (κ3) is 3.93. The molecule has 0 saturated heterocycles. The largest absolute Gasteiger partial charge is 0.500 e. The van der Waals surface area contributed by atoms with E-state index in [1.807, 2.05) is 0 Å². The number of hydrogen-bond acceptors (Lipinski definition) is 6. The van der Waals surface area contributed by atoms with Crippen molar-refractivity contribution in [1.82, 2.24) is 5.32 Å². The SMILES string of the molecule is CCOc1cc([C@@H]2CC(=O)NC3=C2C(=O)C[C@@H](c2ccc(F)cc2)C3)cc([N+](=O)[O-])c1O. The number of ether oxygens (including phenoxy) is 1. The minimum absolute atomic E-state index is 0.0563. The lowest BCUT2D eigenvalue weighted by Gasteiger charge is -2.34. The van der Waals surface area contributed by atoms with E-state index in [0.29, 0.717) is 23.3 Å². The fourth-order valence-corrected chi connectivity index (χ4v) is 4.44. The van der Waals surface area contributed by atoms with Crippen molar-refractivity contribution < 1.29 is 28.7 Å². The summed E-state index contributed by atoms with van der Waals surface area (Å²) < 4.78 is 18.6. The zero-order chi connectivity index (χ0) is 23.0. The van der Waals surface area contributed by atoms with E-state index in [2.05, 4.69) is 5.32 Å². The van der Waals surface area contributed by atoms with Crippen molar-refractivity contribution in [3.8, 4) is 11.5 Å². The van der Waals surface area contributed by atoms with Gasteiger partial charge in [-0.1, -0.05) is 12.1 Å². The molecule has 1 heterocycles. The van der Waals surface area contributed by atoms with Gasteiger partial charge in [-0.05, 0) is 48.6 Å². The lowest BCUT2D eigenvalue weighted by molar-refractivity contribution is -0.386. The number of phenols is 1. The number of allylic oxidation sites excluding steroid dienone is 2. The maximum Gasteiger partial charge on any atom is 0.314 e. The molecule has 1 amide bonds. The molecule has 0 radical (unpaired) electrons. The minimum atomic E-state index is -0.729. The molecule has 0 aromatic heterocycles. The van der Waals surface area contributed by atoms with E-state index in [4.69, 9.17) is 4.74 Å². The van der Waals surface area contributed by atoms with Gasteiger partial charge in [-0.2, -0.15) is 0 Å². The molecular formula is C23H21FN2O6. The second-order valence-corrected chi connectivity index (χ2v) is 7.85.